The zero-order valence-corrected chi connectivity index (χ0v) is 16.7. The summed E-state index contributed by atoms with van der Waals surface area (Å²) < 4.78 is 17.4. The van der Waals surface area contributed by atoms with Crippen molar-refractivity contribution in [3.63, 3.8) is 0 Å². The standard InChI is InChI=1S/C19H23N5O5/c1-22-14-11-24(18(25)12-4-5-15(27-2)20-17(12)28-3)10-13(14)16(21-22)19(26)23-6-8-29-9-7-23/h4-5H,6-11H2,1-3H3. The molecule has 10 heteroatoms. The average molecular weight is 401 g/mol. The first-order chi connectivity index (χ1) is 14.0. The summed E-state index contributed by atoms with van der Waals surface area (Å²) in [6.45, 7) is 2.81. The van der Waals surface area contributed by atoms with E-state index in [0.29, 0.717) is 56.5 Å². The van der Waals surface area contributed by atoms with Gasteiger partial charge in [0.05, 0.1) is 46.2 Å². The second kappa shape index (κ2) is 7.70. The maximum absolute atomic E-state index is 13.1. The van der Waals surface area contributed by atoms with Gasteiger partial charge < -0.3 is 24.0 Å². The first-order valence-corrected chi connectivity index (χ1v) is 9.33. The molecule has 0 saturated carbocycles. The number of hydrogen-bond acceptors (Lipinski definition) is 7. The lowest BCUT2D eigenvalue weighted by molar-refractivity contribution is 0.0297. The molecule has 2 aromatic rings. The maximum Gasteiger partial charge on any atom is 0.274 e. The lowest BCUT2D eigenvalue weighted by Gasteiger charge is -2.26. The molecule has 0 unspecified atom stereocenters. The molecule has 4 rings (SSSR count). The zero-order chi connectivity index (χ0) is 20.5. The fourth-order valence-electron chi connectivity index (χ4n) is 3.65. The third-order valence-electron chi connectivity index (χ3n) is 5.22. The molecule has 2 aliphatic heterocycles. The third kappa shape index (κ3) is 3.39. The number of carbonyl (C=O) groups is 2. The van der Waals surface area contributed by atoms with Gasteiger partial charge in [-0.05, 0) is 6.07 Å². The van der Waals surface area contributed by atoms with Crippen LogP contribution < -0.4 is 9.47 Å². The largest absolute Gasteiger partial charge is 0.481 e. The smallest absolute Gasteiger partial charge is 0.274 e. The Bertz CT molecular complexity index is 951. The van der Waals surface area contributed by atoms with Crippen molar-refractivity contribution in [1.82, 2.24) is 24.6 Å². The predicted molar refractivity (Wildman–Crippen MR) is 101 cm³/mol. The third-order valence-corrected chi connectivity index (χ3v) is 5.22. The van der Waals surface area contributed by atoms with Crippen LogP contribution in [0.3, 0.4) is 0 Å². The highest BCUT2D eigenvalue weighted by molar-refractivity contribution is 5.98. The molecule has 2 aromatic heterocycles. The number of hydrogen-bond donors (Lipinski definition) is 0. The van der Waals surface area contributed by atoms with Crippen molar-refractivity contribution in [3.8, 4) is 11.8 Å². The lowest BCUT2D eigenvalue weighted by atomic mass is 10.2. The van der Waals surface area contributed by atoms with E-state index in [1.807, 2.05) is 0 Å². The van der Waals surface area contributed by atoms with Crippen molar-refractivity contribution in [3.05, 3.63) is 34.6 Å². The van der Waals surface area contributed by atoms with E-state index in [1.165, 1.54) is 14.2 Å². The minimum Gasteiger partial charge on any atom is -0.481 e. The number of ether oxygens (including phenoxy) is 3. The van der Waals surface area contributed by atoms with E-state index in [4.69, 9.17) is 14.2 Å². The zero-order valence-electron chi connectivity index (χ0n) is 16.7. The van der Waals surface area contributed by atoms with Gasteiger partial charge in [-0.1, -0.05) is 0 Å². The van der Waals surface area contributed by atoms with Gasteiger partial charge in [0.15, 0.2) is 5.69 Å². The average Bonchev–Trinajstić information content (AvgIpc) is 3.33. The SMILES string of the molecule is COc1ccc(C(=O)N2Cc3c(C(=O)N4CCOCC4)nn(C)c3C2)c(OC)n1. The Labute approximate surface area is 168 Å². The molecular weight excluding hydrogens is 378 g/mol. The number of pyridine rings is 1. The first-order valence-electron chi connectivity index (χ1n) is 9.33. The second-order valence-electron chi connectivity index (χ2n) is 6.87. The molecule has 1 fully saturated rings. The normalized spacial score (nSPS) is 16.0. The Morgan fingerprint density at radius 1 is 1.03 bits per heavy atom. The number of morpholine rings is 1. The number of amides is 2. The summed E-state index contributed by atoms with van der Waals surface area (Å²) in [4.78, 5) is 33.6. The predicted octanol–water partition coefficient (Wildman–Crippen LogP) is 0.461. The number of rotatable bonds is 4. The van der Waals surface area contributed by atoms with Crippen LogP contribution in [0, 0.1) is 0 Å². The highest BCUT2D eigenvalue weighted by atomic mass is 16.5. The summed E-state index contributed by atoms with van der Waals surface area (Å²) in [5.41, 5.74) is 2.39. The summed E-state index contributed by atoms with van der Waals surface area (Å²) >= 11 is 0. The van der Waals surface area contributed by atoms with Crippen molar-refractivity contribution >= 4 is 11.8 Å². The quantitative estimate of drug-likeness (QED) is 0.734. The van der Waals surface area contributed by atoms with E-state index in [1.54, 1.807) is 33.7 Å². The fraction of sp³-hybridized carbons (Fsp3) is 0.474. The van der Waals surface area contributed by atoms with Gasteiger partial charge in [0.2, 0.25) is 11.8 Å². The highest BCUT2D eigenvalue weighted by Gasteiger charge is 2.35. The van der Waals surface area contributed by atoms with Crippen molar-refractivity contribution in [2.75, 3.05) is 40.5 Å². The van der Waals surface area contributed by atoms with Crippen LogP contribution in [0.2, 0.25) is 0 Å². The van der Waals surface area contributed by atoms with E-state index in [9.17, 15) is 9.59 Å². The molecule has 154 valence electrons. The van der Waals surface area contributed by atoms with E-state index in [2.05, 4.69) is 10.1 Å². The molecule has 29 heavy (non-hydrogen) atoms. The number of carbonyl (C=O) groups excluding carboxylic acids is 2. The minimum absolute atomic E-state index is 0.122. The highest BCUT2D eigenvalue weighted by Crippen LogP contribution is 2.30. The monoisotopic (exact) mass is 401 g/mol. The minimum atomic E-state index is -0.224. The van der Waals surface area contributed by atoms with Crippen molar-refractivity contribution < 1.29 is 23.8 Å². The summed E-state index contributed by atoms with van der Waals surface area (Å²) in [7, 11) is 4.75. The molecule has 0 aromatic carbocycles. The molecule has 4 heterocycles. The molecule has 2 aliphatic rings. The summed E-state index contributed by atoms with van der Waals surface area (Å²) in [6.07, 6.45) is 0. The summed E-state index contributed by atoms with van der Waals surface area (Å²) in [5, 5.41) is 4.42. The van der Waals surface area contributed by atoms with E-state index in [-0.39, 0.29) is 17.7 Å². The van der Waals surface area contributed by atoms with Crippen LogP contribution in [-0.2, 0) is 24.9 Å². The number of fused-ring (bicyclic) bond motifs is 1. The van der Waals surface area contributed by atoms with Gasteiger partial charge in [0.25, 0.3) is 11.8 Å². The Balaban J connectivity index is 1.58. The molecular formula is C19H23N5O5. The number of methoxy groups -OCH3 is 2. The van der Waals surface area contributed by atoms with Gasteiger partial charge in [0, 0.05) is 31.8 Å². The first kappa shape index (κ1) is 19.2. The van der Waals surface area contributed by atoms with Gasteiger partial charge in [0.1, 0.15) is 5.56 Å². The molecule has 0 radical (unpaired) electrons. The van der Waals surface area contributed by atoms with Gasteiger partial charge in [-0.15, -0.1) is 0 Å². The van der Waals surface area contributed by atoms with Crippen molar-refractivity contribution in [2.45, 2.75) is 13.1 Å². The number of aryl methyl sites for hydroxylation is 1. The van der Waals surface area contributed by atoms with Crippen LogP contribution in [0.5, 0.6) is 11.8 Å². The molecule has 2 amide bonds. The Morgan fingerprint density at radius 2 is 1.79 bits per heavy atom. The van der Waals surface area contributed by atoms with E-state index >= 15 is 0 Å². The van der Waals surface area contributed by atoms with Crippen LogP contribution in [0.15, 0.2) is 12.1 Å². The summed E-state index contributed by atoms with van der Waals surface area (Å²) in [5.74, 6) is 0.222. The topological polar surface area (TPSA) is 99.0 Å². The molecule has 0 N–H and O–H groups in total. The van der Waals surface area contributed by atoms with Crippen molar-refractivity contribution in [1.29, 1.82) is 0 Å². The number of nitrogens with zero attached hydrogens (tertiary/aromatic N) is 5. The molecule has 0 atom stereocenters. The van der Waals surface area contributed by atoms with Crippen molar-refractivity contribution in [2.24, 2.45) is 7.05 Å². The van der Waals surface area contributed by atoms with Gasteiger partial charge in [-0.2, -0.15) is 10.1 Å². The van der Waals surface area contributed by atoms with Crippen LogP contribution >= 0.6 is 0 Å². The second-order valence-corrected chi connectivity index (χ2v) is 6.87. The molecule has 0 aliphatic carbocycles. The van der Waals surface area contributed by atoms with Gasteiger partial charge >= 0.3 is 0 Å². The summed E-state index contributed by atoms with van der Waals surface area (Å²) in [6, 6.07) is 3.25. The fourth-order valence-corrected chi connectivity index (χ4v) is 3.65. The molecule has 0 bridgehead atoms. The van der Waals surface area contributed by atoms with Crippen LogP contribution in [0.25, 0.3) is 0 Å². The van der Waals surface area contributed by atoms with E-state index < -0.39 is 0 Å². The Hall–Kier alpha value is -3.14. The lowest BCUT2D eigenvalue weighted by Crippen LogP contribution is -2.41. The Morgan fingerprint density at radius 3 is 2.48 bits per heavy atom. The number of aromatic nitrogens is 3. The van der Waals surface area contributed by atoms with Crippen LogP contribution in [0.1, 0.15) is 32.1 Å². The maximum atomic E-state index is 13.1. The Kier molecular flexibility index (Phi) is 5.10. The molecule has 1 saturated heterocycles. The molecule has 10 nitrogen and oxygen atoms in total. The van der Waals surface area contributed by atoms with Crippen LogP contribution in [0.4, 0.5) is 0 Å². The van der Waals surface area contributed by atoms with E-state index in [0.717, 1.165) is 11.3 Å². The molecule has 0 spiro atoms. The van der Waals surface area contributed by atoms with Gasteiger partial charge in [-0.25, -0.2) is 0 Å². The van der Waals surface area contributed by atoms with Gasteiger partial charge in [-0.3, -0.25) is 14.3 Å². The van der Waals surface area contributed by atoms with Crippen LogP contribution in [-0.4, -0.2) is 76.9 Å².